The zero-order valence-corrected chi connectivity index (χ0v) is 10.5. The van der Waals surface area contributed by atoms with Crippen molar-refractivity contribution < 1.29 is 9.21 Å². The maximum Gasteiger partial charge on any atom is 0.194 e. The molecule has 0 spiro atoms. The number of hydrogen-bond donors (Lipinski definition) is 0. The summed E-state index contributed by atoms with van der Waals surface area (Å²) in [6.45, 7) is 1.56. The second kappa shape index (κ2) is 4.45. The van der Waals surface area contributed by atoms with E-state index >= 15 is 0 Å². The number of benzene rings is 1. The van der Waals surface area contributed by atoms with Gasteiger partial charge in [0.05, 0.1) is 0 Å². The maximum atomic E-state index is 11.4. The lowest BCUT2D eigenvalue weighted by Crippen LogP contribution is -2.08. The second-order valence-electron chi connectivity index (χ2n) is 4.90. The van der Waals surface area contributed by atoms with Gasteiger partial charge in [-0.3, -0.25) is 4.79 Å². The molecule has 2 heteroatoms. The minimum absolute atomic E-state index is 0.0104. The SMILES string of the molecule is CC(=O)c1cc2c(o1)CCCC2c1ccccc1. The van der Waals surface area contributed by atoms with E-state index in [2.05, 4.69) is 24.3 Å². The van der Waals surface area contributed by atoms with Crippen molar-refractivity contribution in [3.8, 4) is 0 Å². The zero-order chi connectivity index (χ0) is 12.5. The molecule has 0 aliphatic heterocycles. The van der Waals surface area contributed by atoms with E-state index in [1.165, 1.54) is 11.1 Å². The summed E-state index contributed by atoms with van der Waals surface area (Å²) in [7, 11) is 0. The number of Topliss-reactive ketones (excluding diaryl/α,β-unsaturated/α-hetero) is 1. The van der Waals surface area contributed by atoms with Crippen molar-refractivity contribution in [2.75, 3.05) is 0 Å². The van der Waals surface area contributed by atoms with Gasteiger partial charge in [-0.2, -0.15) is 0 Å². The highest BCUT2D eigenvalue weighted by atomic mass is 16.3. The van der Waals surface area contributed by atoms with Crippen molar-refractivity contribution in [2.45, 2.75) is 32.1 Å². The van der Waals surface area contributed by atoms with Gasteiger partial charge < -0.3 is 4.42 Å². The largest absolute Gasteiger partial charge is 0.458 e. The fourth-order valence-electron chi connectivity index (χ4n) is 2.76. The first kappa shape index (κ1) is 11.3. The third-order valence-corrected chi connectivity index (χ3v) is 3.66. The summed E-state index contributed by atoms with van der Waals surface area (Å²) in [5, 5.41) is 0. The van der Waals surface area contributed by atoms with Crippen molar-refractivity contribution in [3.05, 3.63) is 59.0 Å². The van der Waals surface area contributed by atoms with E-state index in [0.29, 0.717) is 11.7 Å². The van der Waals surface area contributed by atoms with E-state index in [1.54, 1.807) is 6.92 Å². The molecule has 1 aromatic carbocycles. The first-order chi connectivity index (χ1) is 8.75. The number of carbonyl (C=O) groups excluding carboxylic acids is 1. The van der Waals surface area contributed by atoms with E-state index < -0.39 is 0 Å². The lowest BCUT2D eigenvalue weighted by Gasteiger charge is -2.21. The van der Waals surface area contributed by atoms with Gasteiger partial charge in [-0.25, -0.2) is 0 Å². The average molecular weight is 240 g/mol. The molecule has 2 aromatic rings. The Morgan fingerprint density at radius 3 is 2.78 bits per heavy atom. The summed E-state index contributed by atoms with van der Waals surface area (Å²) in [5.74, 6) is 1.89. The predicted molar refractivity (Wildman–Crippen MR) is 69.9 cm³/mol. The first-order valence-electron chi connectivity index (χ1n) is 6.44. The van der Waals surface area contributed by atoms with E-state index in [0.717, 1.165) is 25.0 Å². The molecule has 2 nitrogen and oxygen atoms in total. The molecule has 0 radical (unpaired) electrons. The summed E-state index contributed by atoms with van der Waals surface area (Å²) < 4.78 is 5.67. The number of furan rings is 1. The smallest absolute Gasteiger partial charge is 0.194 e. The van der Waals surface area contributed by atoms with E-state index in [4.69, 9.17) is 4.42 Å². The molecule has 0 fully saturated rings. The number of rotatable bonds is 2. The summed E-state index contributed by atoms with van der Waals surface area (Å²) in [6.07, 6.45) is 3.21. The van der Waals surface area contributed by atoms with Crippen LogP contribution >= 0.6 is 0 Å². The van der Waals surface area contributed by atoms with Crippen LogP contribution in [-0.2, 0) is 6.42 Å². The van der Waals surface area contributed by atoms with Crippen LogP contribution in [0.5, 0.6) is 0 Å². The third-order valence-electron chi connectivity index (χ3n) is 3.66. The molecule has 1 aliphatic rings. The Balaban J connectivity index is 2.04. The van der Waals surface area contributed by atoms with Crippen molar-refractivity contribution in [3.63, 3.8) is 0 Å². The molecule has 18 heavy (non-hydrogen) atoms. The first-order valence-corrected chi connectivity index (χ1v) is 6.44. The molecule has 3 rings (SSSR count). The van der Waals surface area contributed by atoms with Gasteiger partial charge in [0.2, 0.25) is 0 Å². The fourth-order valence-corrected chi connectivity index (χ4v) is 2.76. The number of fused-ring (bicyclic) bond motifs is 1. The van der Waals surface area contributed by atoms with Crippen LogP contribution in [0.1, 0.15) is 53.1 Å². The lowest BCUT2D eigenvalue weighted by atomic mass is 9.82. The molecular weight excluding hydrogens is 224 g/mol. The topological polar surface area (TPSA) is 30.2 Å². The quantitative estimate of drug-likeness (QED) is 0.744. The fraction of sp³-hybridized carbons (Fsp3) is 0.312. The molecule has 0 bridgehead atoms. The summed E-state index contributed by atoms with van der Waals surface area (Å²) in [6, 6.07) is 12.4. The third kappa shape index (κ3) is 1.88. The molecular formula is C16H16O2. The van der Waals surface area contributed by atoms with Crippen LogP contribution < -0.4 is 0 Å². The monoisotopic (exact) mass is 240 g/mol. The summed E-state index contributed by atoms with van der Waals surface area (Å²) in [4.78, 5) is 11.4. The molecule has 0 amide bonds. The van der Waals surface area contributed by atoms with Gasteiger partial charge in [0, 0.05) is 24.8 Å². The molecule has 1 aromatic heterocycles. The Labute approximate surface area is 107 Å². The predicted octanol–water partition coefficient (Wildman–Crippen LogP) is 3.95. The highest BCUT2D eigenvalue weighted by Crippen LogP contribution is 2.38. The van der Waals surface area contributed by atoms with Crippen LogP contribution in [0, 0.1) is 0 Å². The Kier molecular flexibility index (Phi) is 2.78. The number of hydrogen-bond acceptors (Lipinski definition) is 2. The van der Waals surface area contributed by atoms with Gasteiger partial charge >= 0.3 is 0 Å². The molecule has 0 N–H and O–H groups in total. The van der Waals surface area contributed by atoms with Crippen LogP contribution in [0.4, 0.5) is 0 Å². The number of aryl methyl sites for hydroxylation is 1. The van der Waals surface area contributed by atoms with Crippen molar-refractivity contribution in [1.29, 1.82) is 0 Å². The van der Waals surface area contributed by atoms with Gasteiger partial charge in [-0.1, -0.05) is 30.3 Å². The molecule has 1 atom stereocenters. The normalized spacial score (nSPS) is 18.4. The average Bonchev–Trinajstić information content (AvgIpc) is 2.83. The Morgan fingerprint density at radius 1 is 1.28 bits per heavy atom. The van der Waals surface area contributed by atoms with Crippen LogP contribution in [0.15, 0.2) is 40.8 Å². The van der Waals surface area contributed by atoms with E-state index in [1.807, 2.05) is 12.1 Å². The molecule has 1 unspecified atom stereocenters. The highest BCUT2D eigenvalue weighted by molar-refractivity contribution is 5.91. The molecule has 0 saturated carbocycles. The summed E-state index contributed by atoms with van der Waals surface area (Å²) >= 11 is 0. The van der Waals surface area contributed by atoms with Crippen molar-refractivity contribution >= 4 is 5.78 Å². The second-order valence-corrected chi connectivity index (χ2v) is 4.90. The van der Waals surface area contributed by atoms with Crippen LogP contribution in [0.25, 0.3) is 0 Å². The van der Waals surface area contributed by atoms with Crippen molar-refractivity contribution in [1.82, 2.24) is 0 Å². The number of carbonyl (C=O) groups is 1. The van der Waals surface area contributed by atoms with Crippen LogP contribution in [0.3, 0.4) is 0 Å². The zero-order valence-electron chi connectivity index (χ0n) is 10.5. The highest BCUT2D eigenvalue weighted by Gasteiger charge is 2.26. The molecule has 1 heterocycles. The van der Waals surface area contributed by atoms with Gasteiger partial charge in [-0.05, 0) is 24.5 Å². The van der Waals surface area contributed by atoms with Gasteiger partial charge in [-0.15, -0.1) is 0 Å². The van der Waals surface area contributed by atoms with Gasteiger partial charge in [0.25, 0.3) is 0 Å². The lowest BCUT2D eigenvalue weighted by molar-refractivity contribution is 0.0985. The number of ketones is 1. The standard InChI is InChI=1S/C16H16O2/c1-11(17)16-10-14-13(8-5-9-15(14)18-16)12-6-3-2-4-7-12/h2-4,6-7,10,13H,5,8-9H2,1H3. The van der Waals surface area contributed by atoms with E-state index in [9.17, 15) is 4.79 Å². The Bertz CT molecular complexity index is 566. The molecule has 1 aliphatic carbocycles. The molecule has 92 valence electrons. The van der Waals surface area contributed by atoms with Crippen LogP contribution in [-0.4, -0.2) is 5.78 Å². The molecule has 0 saturated heterocycles. The Morgan fingerprint density at radius 2 is 2.06 bits per heavy atom. The van der Waals surface area contributed by atoms with Gasteiger partial charge in [0.1, 0.15) is 5.76 Å². The van der Waals surface area contributed by atoms with Crippen LogP contribution in [0.2, 0.25) is 0 Å². The van der Waals surface area contributed by atoms with Gasteiger partial charge in [0.15, 0.2) is 11.5 Å². The Hall–Kier alpha value is -1.83. The summed E-state index contributed by atoms with van der Waals surface area (Å²) in [5.41, 5.74) is 2.52. The minimum atomic E-state index is 0.0104. The van der Waals surface area contributed by atoms with Crippen molar-refractivity contribution in [2.24, 2.45) is 0 Å². The van der Waals surface area contributed by atoms with E-state index in [-0.39, 0.29) is 5.78 Å². The maximum absolute atomic E-state index is 11.4. The minimum Gasteiger partial charge on any atom is -0.458 e.